The van der Waals surface area contributed by atoms with E-state index < -0.39 is 18.3 Å². The number of aromatic amines is 1. The molecule has 0 aliphatic heterocycles. The molecule has 0 radical (unpaired) electrons. The maximum atomic E-state index is 12.0. The van der Waals surface area contributed by atoms with Crippen LogP contribution in [0.1, 0.15) is 26.5 Å². The number of esters is 1. The average molecular weight is 347 g/mol. The van der Waals surface area contributed by atoms with Gasteiger partial charge in [-0.05, 0) is 24.3 Å². The van der Waals surface area contributed by atoms with Crippen molar-refractivity contribution in [1.29, 1.82) is 5.26 Å². The number of nitrogens with zero attached hydrogens (tertiary/aromatic N) is 2. The van der Waals surface area contributed by atoms with Gasteiger partial charge in [0.1, 0.15) is 24.5 Å². The molecule has 0 unspecified atom stereocenters. The van der Waals surface area contributed by atoms with Crippen LogP contribution in [0.2, 0.25) is 0 Å². The molecule has 7 heteroatoms. The molecule has 0 fully saturated rings. The molecule has 2 aromatic carbocycles. The number of H-pyrrole nitrogens is 1. The van der Waals surface area contributed by atoms with Gasteiger partial charge in [0.15, 0.2) is 11.6 Å². The van der Waals surface area contributed by atoms with Crippen molar-refractivity contribution in [3.63, 3.8) is 0 Å². The predicted octanol–water partition coefficient (Wildman–Crippen LogP) is 3.03. The van der Waals surface area contributed by atoms with Crippen molar-refractivity contribution in [2.24, 2.45) is 0 Å². The Hall–Kier alpha value is -3.92. The first kappa shape index (κ1) is 16.9. The Morgan fingerprint density at radius 3 is 2.62 bits per heavy atom. The number of aliphatic hydroxyl groups excluding tert-OH is 1. The van der Waals surface area contributed by atoms with E-state index in [4.69, 9.17) is 4.74 Å². The molecule has 128 valence electrons. The molecule has 0 saturated heterocycles. The molecule has 0 amide bonds. The summed E-state index contributed by atoms with van der Waals surface area (Å²) < 4.78 is 5.01. The van der Waals surface area contributed by atoms with Gasteiger partial charge >= 0.3 is 5.97 Å². The van der Waals surface area contributed by atoms with Crippen LogP contribution in [0.3, 0.4) is 0 Å². The molecule has 0 aliphatic carbocycles. The summed E-state index contributed by atoms with van der Waals surface area (Å²) in [6.07, 6.45) is 0.663. The molecule has 0 aliphatic rings. The number of rotatable bonds is 5. The maximum Gasteiger partial charge on any atom is 0.338 e. The van der Waals surface area contributed by atoms with Crippen LogP contribution in [0.5, 0.6) is 0 Å². The highest BCUT2D eigenvalue weighted by Gasteiger charge is 2.15. The Bertz CT molecular complexity index is 1010. The number of nitrogens with one attached hydrogen (secondary N) is 1. The number of carbonyl (C=O) groups excluding carboxylic acids is 2. The predicted molar refractivity (Wildman–Crippen MR) is 93.4 cm³/mol. The molecule has 0 saturated carbocycles. The first-order valence-electron chi connectivity index (χ1n) is 7.62. The standard InChI is InChI=1S/C19H13N3O4/c20-9-14(18-21-15-3-1-2-4-16(15)22-18)17(24)11-26-19(25)13-7-5-12(10-23)6-8-13/h1-8,10,24H,11H2,(H,21,22). The Kier molecular flexibility index (Phi) is 4.76. The van der Waals surface area contributed by atoms with Crippen LogP contribution in [0.25, 0.3) is 16.6 Å². The van der Waals surface area contributed by atoms with E-state index in [1.165, 1.54) is 24.3 Å². The van der Waals surface area contributed by atoms with Crippen molar-refractivity contribution in [2.75, 3.05) is 6.61 Å². The maximum absolute atomic E-state index is 12.0. The second-order valence-corrected chi connectivity index (χ2v) is 5.35. The van der Waals surface area contributed by atoms with Gasteiger partial charge < -0.3 is 14.8 Å². The second-order valence-electron chi connectivity index (χ2n) is 5.35. The summed E-state index contributed by atoms with van der Waals surface area (Å²) in [6.45, 7) is -0.478. The van der Waals surface area contributed by atoms with Crippen LogP contribution in [0, 0.1) is 11.3 Å². The lowest BCUT2D eigenvalue weighted by atomic mass is 10.1. The van der Waals surface area contributed by atoms with Crippen molar-refractivity contribution in [3.8, 4) is 6.07 Å². The minimum Gasteiger partial charge on any atom is -0.507 e. The van der Waals surface area contributed by atoms with Gasteiger partial charge in [-0.25, -0.2) is 9.78 Å². The van der Waals surface area contributed by atoms with Gasteiger partial charge in [0.25, 0.3) is 0 Å². The summed E-state index contributed by atoms with van der Waals surface area (Å²) >= 11 is 0. The SMILES string of the molecule is N#CC(=C(O)COC(=O)c1ccc(C=O)cc1)c1nc2ccccc2[nH]1. The lowest BCUT2D eigenvalue weighted by Crippen LogP contribution is -2.09. The number of aldehydes is 1. The molecule has 7 nitrogen and oxygen atoms in total. The number of allylic oxidation sites excluding steroid dienone is 1. The molecular weight excluding hydrogens is 334 g/mol. The molecule has 0 spiro atoms. The monoisotopic (exact) mass is 347 g/mol. The zero-order valence-electron chi connectivity index (χ0n) is 13.5. The smallest absolute Gasteiger partial charge is 0.338 e. The third-order valence-corrected chi connectivity index (χ3v) is 3.65. The van der Waals surface area contributed by atoms with Gasteiger partial charge in [0.05, 0.1) is 16.6 Å². The van der Waals surface area contributed by atoms with E-state index in [0.717, 1.165) is 5.52 Å². The summed E-state index contributed by atoms with van der Waals surface area (Å²) in [7, 11) is 0. The number of carbonyl (C=O) groups is 2. The molecule has 1 heterocycles. The number of fused-ring (bicyclic) bond motifs is 1. The summed E-state index contributed by atoms with van der Waals surface area (Å²) in [5.74, 6) is -0.905. The molecule has 26 heavy (non-hydrogen) atoms. The number of ether oxygens (including phenoxy) is 1. The van der Waals surface area contributed by atoms with E-state index in [2.05, 4.69) is 9.97 Å². The topological polar surface area (TPSA) is 116 Å². The van der Waals surface area contributed by atoms with Crippen molar-refractivity contribution < 1.29 is 19.4 Å². The highest BCUT2D eigenvalue weighted by Crippen LogP contribution is 2.19. The second kappa shape index (κ2) is 7.32. The number of hydrogen-bond acceptors (Lipinski definition) is 6. The summed E-state index contributed by atoms with van der Waals surface area (Å²) in [5, 5.41) is 19.5. The number of aliphatic hydroxyl groups is 1. The average Bonchev–Trinajstić information content (AvgIpc) is 3.10. The fraction of sp³-hybridized carbons (Fsp3) is 0.0526. The summed E-state index contributed by atoms with van der Waals surface area (Å²) in [6, 6.07) is 14.9. The molecule has 0 atom stereocenters. The van der Waals surface area contributed by atoms with Gasteiger partial charge in [-0.3, -0.25) is 4.79 Å². The Labute approximate surface area is 148 Å². The summed E-state index contributed by atoms with van der Waals surface area (Å²) in [4.78, 5) is 29.8. The zero-order valence-corrected chi connectivity index (χ0v) is 13.5. The number of imidazole rings is 1. The number of nitriles is 1. The normalized spacial score (nSPS) is 11.5. The fourth-order valence-electron chi connectivity index (χ4n) is 2.31. The van der Waals surface area contributed by atoms with E-state index in [0.29, 0.717) is 17.4 Å². The van der Waals surface area contributed by atoms with Gasteiger partial charge in [-0.2, -0.15) is 5.26 Å². The molecule has 0 bridgehead atoms. The van der Waals surface area contributed by atoms with E-state index in [1.54, 1.807) is 18.2 Å². The van der Waals surface area contributed by atoms with Crippen LogP contribution in [-0.2, 0) is 4.74 Å². The molecule has 3 rings (SSSR count). The van der Waals surface area contributed by atoms with Crippen LogP contribution < -0.4 is 0 Å². The van der Waals surface area contributed by atoms with Crippen molar-refractivity contribution in [3.05, 3.63) is 71.2 Å². The zero-order chi connectivity index (χ0) is 18.5. The van der Waals surface area contributed by atoms with Gasteiger partial charge in [-0.15, -0.1) is 0 Å². The lowest BCUT2D eigenvalue weighted by Gasteiger charge is -2.05. The van der Waals surface area contributed by atoms with Crippen LogP contribution in [0.4, 0.5) is 0 Å². The van der Waals surface area contributed by atoms with Gasteiger partial charge in [-0.1, -0.05) is 24.3 Å². The lowest BCUT2D eigenvalue weighted by molar-refractivity contribution is 0.0502. The fourth-order valence-corrected chi connectivity index (χ4v) is 2.31. The van der Waals surface area contributed by atoms with Crippen LogP contribution in [0.15, 0.2) is 54.3 Å². The van der Waals surface area contributed by atoms with Crippen molar-refractivity contribution in [2.45, 2.75) is 0 Å². The summed E-state index contributed by atoms with van der Waals surface area (Å²) in [5.41, 5.74) is 1.92. The van der Waals surface area contributed by atoms with Crippen LogP contribution >= 0.6 is 0 Å². The Balaban J connectivity index is 1.77. The molecule has 2 N–H and O–H groups in total. The molecule has 1 aromatic heterocycles. The minimum atomic E-state index is -0.684. The van der Waals surface area contributed by atoms with Gasteiger partial charge in [0.2, 0.25) is 0 Å². The number of benzene rings is 2. The van der Waals surface area contributed by atoms with E-state index in [9.17, 15) is 20.0 Å². The van der Waals surface area contributed by atoms with Crippen LogP contribution in [-0.4, -0.2) is 33.9 Å². The first-order chi connectivity index (χ1) is 12.6. The third-order valence-electron chi connectivity index (χ3n) is 3.65. The minimum absolute atomic E-state index is 0.106. The largest absolute Gasteiger partial charge is 0.507 e. The number of hydrogen-bond donors (Lipinski definition) is 2. The van der Waals surface area contributed by atoms with E-state index >= 15 is 0 Å². The molecular formula is C19H13N3O4. The third kappa shape index (κ3) is 3.44. The van der Waals surface area contributed by atoms with Gasteiger partial charge in [0, 0.05) is 5.56 Å². The van der Waals surface area contributed by atoms with E-state index in [-0.39, 0.29) is 17.0 Å². The Morgan fingerprint density at radius 1 is 1.23 bits per heavy atom. The van der Waals surface area contributed by atoms with Crippen molar-refractivity contribution in [1.82, 2.24) is 9.97 Å². The quantitative estimate of drug-likeness (QED) is 0.317. The number of aromatic nitrogens is 2. The highest BCUT2D eigenvalue weighted by atomic mass is 16.5. The number of para-hydroxylation sites is 2. The highest BCUT2D eigenvalue weighted by molar-refractivity contribution is 5.90. The molecule has 3 aromatic rings. The van der Waals surface area contributed by atoms with Crippen molar-refractivity contribution >= 4 is 28.9 Å². The Morgan fingerprint density at radius 2 is 1.96 bits per heavy atom. The first-order valence-corrected chi connectivity index (χ1v) is 7.62. The van der Waals surface area contributed by atoms with E-state index in [1.807, 2.05) is 12.1 Å².